The molecule has 0 bridgehead atoms. The largest absolute Gasteiger partial charge is 0.247 e. The molecule has 4 nitrogen and oxygen atoms in total. The summed E-state index contributed by atoms with van der Waals surface area (Å²) >= 11 is 9.06. The number of rotatable bonds is 1. The highest BCUT2D eigenvalue weighted by Gasteiger charge is 2.03. The number of aromatic nitrogens is 4. The molecule has 2 aromatic rings. The first kappa shape index (κ1) is 8.65. The van der Waals surface area contributed by atoms with Gasteiger partial charge in [0.2, 0.25) is 5.28 Å². The Morgan fingerprint density at radius 3 is 2.46 bits per heavy atom. The summed E-state index contributed by atoms with van der Waals surface area (Å²) in [5, 5.41) is 11.0. The van der Waals surface area contributed by atoms with Crippen molar-refractivity contribution in [3.05, 3.63) is 34.0 Å². The van der Waals surface area contributed by atoms with Gasteiger partial charge in [-0.15, -0.1) is 0 Å². The third-order valence-corrected chi connectivity index (χ3v) is 2.27. The molecular weight excluding hydrogens is 255 g/mol. The van der Waals surface area contributed by atoms with Gasteiger partial charge in [-0.2, -0.15) is 4.68 Å². The predicted molar refractivity (Wildman–Crippen MR) is 51.9 cm³/mol. The van der Waals surface area contributed by atoms with Gasteiger partial charge < -0.3 is 0 Å². The fraction of sp³-hybridized carbons (Fsp3) is 0. The van der Waals surface area contributed by atoms with E-state index in [1.54, 1.807) is 0 Å². The highest BCUT2D eigenvalue weighted by Crippen LogP contribution is 2.15. The average Bonchev–Trinajstić information content (AvgIpc) is 2.53. The van der Waals surface area contributed by atoms with E-state index in [-0.39, 0.29) is 5.28 Å². The van der Waals surface area contributed by atoms with Crippen LogP contribution in [-0.4, -0.2) is 20.2 Å². The van der Waals surface area contributed by atoms with Crippen molar-refractivity contribution in [1.29, 1.82) is 0 Å². The molecule has 0 atom stereocenters. The molecule has 66 valence electrons. The number of tetrazole rings is 1. The van der Waals surface area contributed by atoms with Crippen molar-refractivity contribution in [2.24, 2.45) is 0 Å². The maximum absolute atomic E-state index is 5.73. The Morgan fingerprint density at radius 2 is 1.92 bits per heavy atom. The summed E-state index contributed by atoms with van der Waals surface area (Å²) < 4.78 is 2.45. The Kier molecular flexibility index (Phi) is 2.28. The van der Waals surface area contributed by atoms with Gasteiger partial charge in [-0.3, -0.25) is 0 Å². The lowest BCUT2D eigenvalue weighted by atomic mass is 10.3. The molecule has 1 aromatic carbocycles. The van der Waals surface area contributed by atoms with Crippen LogP contribution in [0.15, 0.2) is 28.7 Å². The molecule has 0 radical (unpaired) electrons. The summed E-state index contributed by atoms with van der Waals surface area (Å²) in [6.07, 6.45) is 0. The molecule has 0 unspecified atom stereocenters. The highest BCUT2D eigenvalue weighted by molar-refractivity contribution is 9.10. The van der Waals surface area contributed by atoms with Crippen LogP contribution in [0.25, 0.3) is 5.69 Å². The van der Waals surface area contributed by atoms with Gasteiger partial charge >= 0.3 is 0 Å². The Labute approximate surface area is 87.6 Å². The van der Waals surface area contributed by atoms with Crippen molar-refractivity contribution in [3.63, 3.8) is 0 Å². The molecule has 0 spiro atoms. The molecule has 0 fully saturated rings. The van der Waals surface area contributed by atoms with Crippen LogP contribution in [0.4, 0.5) is 0 Å². The summed E-state index contributed by atoms with van der Waals surface area (Å²) in [5.74, 6) is 0. The molecule has 1 aromatic heterocycles. The molecule has 0 N–H and O–H groups in total. The maximum atomic E-state index is 5.73. The van der Waals surface area contributed by atoms with Gasteiger partial charge in [0.25, 0.3) is 0 Å². The van der Waals surface area contributed by atoms with Gasteiger partial charge in [0.15, 0.2) is 0 Å². The van der Waals surface area contributed by atoms with Gasteiger partial charge in [0, 0.05) is 4.47 Å². The third-order valence-electron chi connectivity index (χ3n) is 1.50. The lowest BCUT2D eigenvalue weighted by Gasteiger charge is -1.99. The van der Waals surface area contributed by atoms with E-state index in [1.807, 2.05) is 24.3 Å². The van der Waals surface area contributed by atoms with E-state index in [9.17, 15) is 0 Å². The first-order chi connectivity index (χ1) is 6.27. The van der Waals surface area contributed by atoms with Crippen LogP contribution < -0.4 is 0 Å². The Morgan fingerprint density at radius 1 is 1.23 bits per heavy atom. The van der Waals surface area contributed by atoms with Crippen LogP contribution in [0.3, 0.4) is 0 Å². The smallest absolute Gasteiger partial charge is 0.183 e. The summed E-state index contributed by atoms with van der Waals surface area (Å²) in [7, 11) is 0. The fourth-order valence-electron chi connectivity index (χ4n) is 0.917. The van der Waals surface area contributed by atoms with E-state index in [0.717, 1.165) is 10.2 Å². The second-order valence-electron chi connectivity index (χ2n) is 2.34. The van der Waals surface area contributed by atoms with Crippen LogP contribution >= 0.6 is 27.5 Å². The quantitative estimate of drug-likeness (QED) is 0.787. The molecule has 0 saturated heterocycles. The predicted octanol–water partition coefficient (Wildman–Crippen LogP) is 2.08. The minimum absolute atomic E-state index is 0.252. The summed E-state index contributed by atoms with van der Waals surface area (Å²) in [4.78, 5) is 0. The molecular formula is C7H4BrClN4. The van der Waals surface area contributed by atoms with Crippen molar-refractivity contribution in [3.8, 4) is 5.69 Å². The standard InChI is InChI=1S/C7H4BrClN4/c8-5-1-3-6(4-2-5)13-7(9)10-11-12-13/h1-4H. The second kappa shape index (κ2) is 3.43. The molecule has 6 heteroatoms. The van der Waals surface area contributed by atoms with Gasteiger partial charge in [-0.1, -0.05) is 21.0 Å². The van der Waals surface area contributed by atoms with Crippen LogP contribution in [-0.2, 0) is 0 Å². The molecule has 0 aliphatic carbocycles. The van der Waals surface area contributed by atoms with Gasteiger partial charge in [0.05, 0.1) is 5.69 Å². The average molecular weight is 259 g/mol. The SMILES string of the molecule is Clc1nnnn1-c1ccc(Br)cc1. The van der Waals surface area contributed by atoms with Crippen molar-refractivity contribution >= 4 is 27.5 Å². The highest BCUT2D eigenvalue weighted by atomic mass is 79.9. The van der Waals surface area contributed by atoms with Crippen LogP contribution in [0, 0.1) is 0 Å². The van der Waals surface area contributed by atoms with Crippen LogP contribution in [0.5, 0.6) is 0 Å². The van der Waals surface area contributed by atoms with Gasteiger partial charge in [0.1, 0.15) is 0 Å². The van der Waals surface area contributed by atoms with E-state index in [4.69, 9.17) is 11.6 Å². The summed E-state index contributed by atoms with van der Waals surface area (Å²) in [5.41, 5.74) is 0.832. The topological polar surface area (TPSA) is 43.6 Å². The molecule has 0 saturated carbocycles. The lowest BCUT2D eigenvalue weighted by Crippen LogP contribution is -1.95. The first-order valence-corrected chi connectivity index (χ1v) is 4.64. The maximum Gasteiger partial charge on any atom is 0.247 e. The summed E-state index contributed by atoms with van der Waals surface area (Å²) in [6.45, 7) is 0. The molecule has 0 aliphatic heterocycles. The van der Waals surface area contributed by atoms with Crippen molar-refractivity contribution in [1.82, 2.24) is 20.2 Å². The zero-order chi connectivity index (χ0) is 9.26. The van der Waals surface area contributed by atoms with E-state index in [1.165, 1.54) is 4.68 Å². The second-order valence-corrected chi connectivity index (χ2v) is 3.59. The van der Waals surface area contributed by atoms with Gasteiger partial charge in [-0.25, -0.2) is 0 Å². The van der Waals surface area contributed by atoms with Crippen LogP contribution in [0.1, 0.15) is 0 Å². The van der Waals surface area contributed by atoms with E-state index >= 15 is 0 Å². The minimum atomic E-state index is 0.252. The number of nitrogens with zero attached hydrogens (tertiary/aromatic N) is 4. The Bertz CT molecular complexity index is 411. The van der Waals surface area contributed by atoms with Crippen LogP contribution in [0.2, 0.25) is 5.28 Å². The molecule has 13 heavy (non-hydrogen) atoms. The fourth-order valence-corrected chi connectivity index (χ4v) is 1.35. The van der Waals surface area contributed by atoms with Crippen molar-refractivity contribution < 1.29 is 0 Å². The summed E-state index contributed by atoms with van der Waals surface area (Å²) in [6, 6.07) is 7.53. The molecule has 0 amide bonds. The Hall–Kier alpha value is -0.940. The molecule has 1 heterocycles. The van der Waals surface area contributed by atoms with E-state index < -0.39 is 0 Å². The number of hydrogen-bond acceptors (Lipinski definition) is 3. The minimum Gasteiger partial charge on any atom is -0.183 e. The molecule has 2 rings (SSSR count). The number of benzene rings is 1. The monoisotopic (exact) mass is 258 g/mol. The van der Waals surface area contributed by atoms with Gasteiger partial charge in [-0.05, 0) is 46.3 Å². The number of hydrogen-bond donors (Lipinski definition) is 0. The normalized spacial score (nSPS) is 10.3. The first-order valence-electron chi connectivity index (χ1n) is 3.47. The Balaban J connectivity index is 2.47. The van der Waals surface area contributed by atoms with Crippen molar-refractivity contribution in [2.45, 2.75) is 0 Å². The lowest BCUT2D eigenvalue weighted by molar-refractivity contribution is 0.789. The zero-order valence-electron chi connectivity index (χ0n) is 6.35. The van der Waals surface area contributed by atoms with E-state index in [0.29, 0.717) is 0 Å². The third kappa shape index (κ3) is 1.71. The van der Waals surface area contributed by atoms with Crippen molar-refractivity contribution in [2.75, 3.05) is 0 Å². The molecule has 0 aliphatic rings. The zero-order valence-corrected chi connectivity index (χ0v) is 8.70. The van der Waals surface area contributed by atoms with E-state index in [2.05, 4.69) is 31.5 Å². The number of halogens is 2.